The van der Waals surface area contributed by atoms with E-state index in [2.05, 4.69) is 12.2 Å². The number of carbonyl (C=O) groups excluding carboxylic acids is 1. The number of hydrogen-bond acceptors (Lipinski definition) is 3. The standard InChI is InChI=1S/C19H29NO3/c1-15(10-13-21)14-20-18(22)19(11-4-3-5-12-19)16-6-8-17(23-2)9-7-16/h6-9,15,21H,3-5,10-14H2,1-2H3,(H,20,22). The molecule has 4 nitrogen and oxygen atoms in total. The fourth-order valence-electron chi connectivity index (χ4n) is 3.47. The van der Waals surface area contributed by atoms with Crippen LogP contribution in [0.2, 0.25) is 0 Å². The van der Waals surface area contributed by atoms with Crippen molar-refractivity contribution in [2.75, 3.05) is 20.3 Å². The highest BCUT2D eigenvalue weighted by atomic mass is 16.5. The van der Waals surface area contributed by atoms with E-state index in [0.717, 1.165) is 43.4 Å². The first-order valence-electron chi connectivity index (χ1n) is 8.66. The first kappa shape index (κ1) is 17.8. The van der Waals surface area contributed by atoms with Crippen molar-refractivity contribution in [2.24, 2.45) is 5.92 Å². The van der Waals surface area contributed by atoms with Crippen LogP contribution in [0.1, 0.15) is 51.0 Å². The molecular weight excluding hydrogens is 290 g/mol. The number of methoxy groups -OCH3 is 1. The summed E-state index contributed by atoms with van der Waals surface area (Å²) in [7, 11) is 1.65. The number of amides is 1. The van der Waals surface area contributed by atoms with Gasteiger partial charge in [-0.3, -0.25) is 4.79 Å². The van der Waals surface area contributed by atoms with Crippen molar-refractivity contribution in [3.8, 4) is 5.75 Å². The molecule has 1 amide bonds. The second kappa shape index (κ2) is 8.34. The lowest BCUT2D eigenvalue weighted by Crippen LogP contribution is -2.47. The van der Waals surface area contributed by atoms with Gasteiger partial charge in [0.05, 0.1) is 12.5 Å². The summed E-state index contributed by atoms with van der Waals surface area (Å²) in [5.74, 6) is 1.24. The first-order valence-corrected chi connectivity index (χ1v) is 8.66. The Balaban J connectivity index is 2.15. The minimum absolute atomic E-state index is 0.132. The third kappa shape index (κ3) is 4.25. The largest absolute Gasteiger partial charge is 0.497 e. The number of hydrogen-bond donors (Lipinski definition) is 2. The van der Waals surface area contributed by atoms with E-state index in [9.17, 15) is 4.79 Å². The maximum Gasteiger partial charge on any atom is 0.230 e. The maximum absolute atomic E-state index is 13.0. The zero-order valence-corrected chi connectivity index (χ0v) is 14.3. The average molecular weight is 319 g/mol. The van der Waals surface area contributed by atoms with Gasteiger partial charge in [0.1, 0.15) is 5.75 Å². The summed E-state index contributed by atoms with van der Waals surface area (Å²) in [6.07, 6.45) is 5.90. The zero-order chi connectivity index (χ0) is 16.7. The highest BCUT2D eigenvalue weighted by Gasteiger charge is 2.40. The van der Waals surface area contributed by atoms with Crippen LogP contribution in [0.5, 0.6) is 5.75 Å². The van der Waals surface area contributed by atoms with Crippen LogP contribution < -0.4 is 10.1 Å². The van der Waals surface area contributed by atoms with Gasteiger partial charge in [0.2, 0.25) is 5.91 Å². The second-order valence-corrected chi connectivity index (χ2v) is 6.70. The van der Waals surface area contributed by atoms with Crippen LogP contribution in [0, 0.1) is 5.92 Å². The zero-order valence-electron chi connectivity index (χ0n) is 14.3. The van der Waals surface area contributed by atoms with Gasteiger partial charge in [-0.25, -0.2) is 0 Å². The van der Waals surface area contributed by atoms with E-state index in [4.69, 9.17) is 9.84 Å². The molecule has 0 saturated heterocycles. The molecule has 4 heteroatoms. The molecule has 1 fully saturated rings. The molecular formula is C19H29NO3. The van der Waals surface area contributed by atoms with Gasteiger partial charge in [-0.15, -0.1) is 0 Å². The van der Waals surface area contributed by atoms with Crippen molar-refractivity contribution in [1.82, 2.24) is 5.32 Å². The van der Waals surface area contributed by atoms with Gasteiger partial charge in [-0.2, -0.15) is 0 Å². The molecule has 0 aromatic heterocycles. The molecule has 128 valence electrons. The Hall–Kier alpha value is -1.55. The second-order valence-electron chi connectivity index (χ2n) is 6.70. The monoisotopic (exact) mass is 319 g/mol. The van der Waals surface area contributed by atoms with E-state index in [1.54, 1.807) is 7.11 Å². The maximum atomic E-state index is 13.0. The Bertz CT molecular complexity index is 492. The van der Waals surface area contributed by atoms with Crippen molar-refractivity contribution < 1.29 is 14.6 Å². The SMILES string of the molecule is COc1ccc(C2(C(=O)NCC(C)CCO)CCCCC2)cc1. The van der Waals surface area contributed by atoms with Crippen LogP contribution in [0.15, 0.2) is 24.3 Å². The molecule has 1 aliphatic rings. The highest BCUT2D eigenvalue weighted by Crippen LogP contribution is 2.40. The molecule has 1 unspecified atom stereocenters. The third-order valence-electron chi connectivity index (χ3n) is 5.02. The summed E-state index contributed by atoms with van der Waals surface area (Å²) in [6, 6.07) is 7.93. The van der Waals surface area contributed by atoms with Crippen molar-refractivity contribution in [1.29, 1.82) is 0 Å². The lowest BCUT2D eigenvalue weighted by molar-refractivity contribution is -0.128. The summed E-state index contributed by atoms with van der Waals surface area (Å²) < 4.78 is 5.23. The minimum atomic E-state index is -0.413. The van der Waals surface area contributed by atoms with Gasteiger partial charge in [-0.05, 0) is 42.9 Å². The third-order valence-corrected chi connectivity index (χ3v) is 5.02. The smallest absolute Gasteiger partial charge is 0.230 e. The Morgan fingerprint density at radius 2 is 1.91 bits per heavy atom. The van der Waals surface area contributed by atoms with E-state index in [0.29, 0.717) is 12.5 Å². The van der Waals surface area contributed by atoms with Gasteiger partial charge in [0.25, 0.3) is 0 Å². The molecule has 2 rings (SSSR count). The molecule has 1 saturated carbocycles. The summed E-state index contributed by atoms with van der Waals surface area (Å²) in [4.78, 5) is 13.0. The van der Waals surface area contributed by atoms with Gasteiger partial charge >= 0.3 is 0 Å². The lowest BCUT2D eigenvalue weighted by atomic mass is 9.68. The normalized spacial score (nSPS) is 18.2. The Morgan fingerprint density at radius 1 is 1.26 bits per heavy atom. The quantitative estimate of drug-likeness (QED) is 0.812. The summed E-state index contributed by atoms with van der Waals surface area (Å²) >= 11 is 0. The molecule has 0 aliphatic heterocycles. The number of rotatable bonds is 7. The fourth-order valence-corrected chi connectivity index (χ4v) is 3.47. The number of aliphatic hydroxyl groups excluding tert-OH is 1. The van der Waals surface area contributed by atoms with Gasteiger partial charge in [-0.1, -0.05) is 38.3 Å². The number of nitrogens with one attached hydrogen (secondary N) is 1. The van der Waals surface area contributed by atoms with E-state index in [1.165, 1.54) is 6.42 Å². The molecule has 23 heavy (non-hydrogen) atoms. The number of ether oxygens (including phenoxy) is 1. The number of benzene rings is 1. The van der Waals surface area contributed by atoms with Crippen molar-refractivity contribution in [3.05, 3.63) is 29.8 Å². The predicted molar refractivity (Wildman–Crippen MR) is 91.6 cm³/mol. The Labute approximate surface area is 139 Å². The van der Waals surface area contributed by atoms with Crippen LogP contribution >= 0.6 is 0 Å². The molecule has 1 aromatic carbocycles. The molecule has 1 aromatic rings. The van der Waals surface area contributed by atoms with Crippen molar-refractivity contribution >= 4 is 5.91 Å². The Morgan fingerprint density at radius 3 is 2.48 bits per heavy atom. The van der Waals surface area contributed by atoms with Gasteiger partial charge in [0.15, 0.2) is 0 Å². The van der Waals surface area contributed by atoms with Crippen LogP contribution in [-0.2, 0) is 10.2 Å². The van der Waals surface area contributed by atoms with Crippen molar-refractivity contribution in [3.63, 3.8) is 0 Å². The van der Waals surface area contributed by atoms with E-state index < -0.39 is 5.41 Å². The van der Waals surface area contributed by atoms with Gasteiger partial charge in [0, 0.05) is 13.2 Å². The van der Waals surface area contributed by atoms with Crippen LogP contribution in [0.25, 0.3) is 0 Å². The minimum Gasteiger partial charge on any atom is -0.497 e. The average Bonchev–Trinajstić information content (AvgIpc) is 2.60. The fraction of sp³-hybridized carbons (Fsp3) is 0.632. The van der Waals surface area contributed by atoms with Crippen LogP contribution in [0.4, 0.5) is 0 Å². The molecule has 1 atom stereocenters. The predicted octanol–water partition coefficient (Wildman–Crippen LogP) is 3.03. The van der Waals surface area contributed by atoms with Crippen molar-refractivity contribution in [2.45, 2.75) is 50.9 Å². The number of carbonyl (C=O) groups is 1. The first-order chi connectivity index (χ1) is 11.1. The molecule has 2 N–H and O–H groups in total. The summed E-state index contributed by atoms with van der Waals surface area (Å²) in [6.45, 7) is 2.84. The van der Waals surface area contributed by atoms with E-state index in [1.807, 2.05) is 24.3 Å². The molecule has 0 bridgehead atoms. The molecule has 1 aliphatic carbocycles. The lowest BCUT2D eigenvalue weighted by Gasteiger charge is -2.36. The van der Waals surface area contributed by atoms with E-state index in [-0.39, 0.29) is 12.5 Å². The highest BCUT2D eigenvalue weighted by molar-refractivity contribution is 5.88. The number of aliphatic hydroxyl groups is 1. The van der Waals surface area contributed by atoms with Gasteiger partial charge < -0.3 is 15.2 Å². The summed E-state index contributed by atoms with van der Waals surface area (Å²) in [5.41, 5.74) is 0.675. The van der Waals surface area contributed by atoms with Crippen LogP contribution in [0.3, 0.4) is 0 Å². The van der Waals surface area contributed by atoms with E-state index >= 15 is 0 Å². The molecule has 0 radical (unpaired) electrons. The molecule has 0 heterocycles. The Kier molecular flexibility index (Phi) is 6.46. The van der Waals surface area contributed by atoms with Crippen LogP contribution in [-0.4, -0.2) is 31.3 Å². The summed E-state index contributed by atoms with van der Waals surface area (Å²) in [5, 5.41) is 12.1. The molecule has 0 spiro atoms. The topological polar surface area (TPSA) is 58.6 Å².